The second-order valence-electron chi connectivity index (χ2n) is 2.96. The first-order chi connectivity index (χ1) is 7.13. The number of esters is 1. The van der Waals surface area contributed by atoms with Crippen LogP contribution in [-0.2, 0) is 9.59 Å². The van der Waals surface area contributed by atoms with Gasteiger partial charge < -0.3 is 10.1 Å². The highest BCUT2D eigenvalue weighted by atomic mass is 16.5. The van der Waals surface area contributed by atoms with Crippen LogP contribution in [0.4, 0.5) is 5.69 Å². The third-order valence-corrected chi connectivity index (χ3v) is 1.64. The van der Waals surface area contributed by atoms with Gasteiger partial charge in [0, 0.05) is 11.3 Å². The summed E-state index contributed by atoms with van der Waals surface area (Å²) in [6, 6.07) is 6.45. The summed E-state index contributed by atoms with van der Waals surface area (Å²) in [5, 5.41) is 2.47. The van der Waals surface area contributed by atoms with Crippen molar-refractivity contribution < 1.29 is 14.3 Å². The maximum atomic E-state index is 11.1. The van der Waals surface area contributed by atoms with Crippen LogP contribution in [0.15, 0.2) is 36.4 Å². The van der Waals surface area contributed by atoms with Crippen LogP contribution in [0.2, 0.25) is 0 Å². The molecule has 0 bridgehead atoms. The first kappa shape index (κ1) is 11.0. The molecular weight excluding hydrogens is 194 g/mol. The van der Waals surface area contributed by atoms with E-state index < -0.39 is 5.97 Å². The number of hydrogen-bond acceptors (Lipinski definition) is 3. The highest BCUT2D eigenvalue weighted by Gasteiger charge is 2.04. The molecule has 1 aromatic carbocycles. The molecule has 0 aromatic heterocycles. The second-order valence-corrected chi connectivity index (χ2v) is 2.96. The Hall–Kier alpha value is -2.10. The Bertz CT molecular complexity index is 381. The molecule has 0 aliphatic rings. The Morgan fingerprint density at radius 1 is 1.40 bits per heavy atom. The number of carbonyl (C=O) groups excluding carboxylic acids is 2. The maximum absolute atomic E-state index is 11.1. The van der Waals surface area contributed by atoms with Crippen LogP contribution in [-0.4, -0.2) is 12.4 Å². The SMILES string of the molecule is C=C(C)C(=O)Oc1ccc(NC=O)cc1. The van der Waals surface area contributed by atoms with Crippen molar-refractivity contribution in [3.8, 4) is 5.75 Å². The van der Waals surface area contributed by atoms with Gasteiger partial charge in [0.05, 0.1) is 0 Å². The molecule has 0 radical (unpaired) electrons. The molecule has 0 saturated carbocycles. The topological polar surface area (TPSA) is 55.4 Å². The average Bonchev–Trinajstić information content (AvgIpc) is 2.21. The third kappa shape index (κ3) is 3.27. The molecule has 0 atom stereocenters. The number of nitrogens with one attached hydrogen (secondary N) is 1. The van der Waals surface area contributed by atoms with Gasteiger partial charge in [0.15, 0.2) is 0 Å². The third-order valence-electron chi connectivity index (χ3n) is 1.64. The summed E-state index contributed by atoms with van der Waals surface area (Å²) in [7, 11) is 0. The van der Waals surface area contributed by atoms with Crippen molar-refractivity contribution >= 4 is 18.1 Å². The van der Waals surface area contributed by atoms with Crippen LogP contribution >= 0.6 is 0 Å². The largest absolute Gasteiger partial charge is 0.423 e. The molecule has 1 rings (SSSR count). The van der Waals surface area contributed by atoms with E-state index >= 15 is 0 Å². The average molecular weight is 205 g/mol. The van der Waals surface area contributed by atoms with Crippen LogP contribution in [0, 0.1) is 0 Å². The van der Waals surface area contributed by atoms with Gasteiger partial charge in [0.1, 0.15) is 5.75 Å². The lowest BCUT2D eigenvalue weighted by atomic mass is 10.3. The van der Waals surface area contributed by atoms with Crippen molar-refractivity contribution in [1.82, 2.24) is 0 Å². The second kappa shape index (κ2) is 4.95. The molecule has 0 unspecified atom stereocenters. The maximum Gasteiger partial charge on any atom is 0.338 e. The smallest absolute Gasteiger partial charge is 0.338 e. The van der Waals surface area contributed by atoms with Crippen LogP contribution in [0.5, 0.6) is 5.75 Å². The van der Waals surface area contributed by atoms with Gasteiger partial charge in [-0.25, -0.2) is 4.79 Å². The van der Waals surface area contributed by atoms with E-state index in [9.17, 15) is 9.59 Å². The molecule has 0 heterocycles. The van der Waals surface area contributed by atoms with E-state index in [1.54, 1.807) is 31.2 Å². The lowest BCUT2D eigenvalue weighted by Gasteiger charge is -2.04. The zero-order valence-corrected chi connectivity index (χ0v) is 8.32. The van der Waals surface area contributed by atoms with Gasteiger partial charge in [-0.15, -0.1) is 0 Å². The highest BCUT2D eigenvalue weighted by molar-refractivity contribution is 5.88. The van der Waals surface area contributed by atoms with Crippen molar-refractivity contribution in [3.05, 3.63) is 36.4 Å². The molecule has 4 heteroatoms. The molecule has 0 aliphatic heterocycles. The first-order valence-corrected chi connectivity index (χ1v) is 4.31. The minimum Gasteiger partial charge on any atom is -0.423 e. The normalized spacial score (nSPS) is 9.13. The quantitative estimate of drug-likeness (QED) is 0.352. The summed E-state index contributed by atoms with van der Waals surface area (Å²) in [5.74, 6) is -0.0504. The lowest BCUT2D eigenvalue weighted by Crippen LogP contribution is -2.08. The molecule has 1 N–H and O–H groups in total. The Morgan fingerprint density at radius 3 is 2.47 bits per heavy atom. The monoisotopic (exact) mass is 205 g/mol. The van der Waals surface area contributed by atoms with Crippen LogP contribution in [0.1, 0.15) is 6.92 Å². The van der Waals surface area contributed by atoms with E-state index in [2.05, 4.69) is 11.9 Å². The zero-order chi connectivity index (χ0) is 11.3. The Morgan fingerprint density at radius 2 is 2.00 bits per heavy atom. The van der Waals surface area contributed by atoms with Gasteiger partial charge in [-0.2, -0.15) is 0 Å². The Balaban J connectivity index is 2.68. The number of anilines is 1. The standard InChI is InChI=1S/C11H11NO3/c1-8(2)11(14)15-10-5-3-9(4-6-10)12-7-13/h3-7H,1H2,2H3,(H,12,13). The fraction of sp³-hybridized carbons (Fsp3) is 0.0909. The summed E-state index contributed by atoms with van der Waals surface area (Å²) in [6.07, 6.45) is 0.578. The highest BCUT2D eigenvalue weighted by Crippen LogP contribution is 2.15. The molecule has 0 aliphatic carbocycles. The van der Waals surface area contributed by atoms with E-state index in [0.717, 1.165) is 0 Å². The number of ether oxygens (including phenoxy) is 1. The van der Waals surface area contributed by atoms with E-state index in [-0.39, 0.29) is 0 Å². The Labute approximate surface area is 87.6 Å². The molecular formula is C11H11NO3. The summed E-state index contributed by atoms with van der Waals surface area (Å²) in [5.41, 5.74) is 0.977. The Kier molecular flexibility index (Phi) is 3.62. The van der Waals surface area contributed by atoms with E-state index in [4.69, 9.17) is 4.74 Å². The van der Waals surface area contributed by atoms with Crippen molar-refractivity contribution in [2.45, 2.75) is 6.92 Å². The van der Waals surface area contributed by atoms with Crippen molar-refractivity contribution in [2.24, 2.45) is 0 Å². The molecule has 4 nitrogen and oxygen atoms in total. The van der Waals surface area contributed by atoms with E-state index in [1.807, 2.05) is 0 Å². The van der Waals surface area contributed by atoms with Crippen molar-refractivity contribution in [1.29, 1.82) is 0 Å². The number of benzene rings is 1. The van der Waals surface area contributed by atoms with Crippen LogP contribution in [0.25, 0.3) is 0 Å². The molecule has 0 spiro atoms. The zero-order valence-electron chi connectivity index (χ0n) is 8.32. The molecule has 78 valence electrons. The van der Waals surface area contributed by atoms with Crippen molar-refractivity contribution in [3.63, 3.8) is 0 Å². The van der Waals surface area contributed by atoms with E-state index in [1.165, 1.54) is 0 Å². The molecule has 1 aromatic rings. The molecule has 0 saturated heterocycles. The summed E-state index contributed by atoms with van der Waals surface area (Å²) >= 11 is 0. The minimum atomic E-state index is -0.467. The number of amides is 1. The summed E-state index contributed by atoms with van der Waals surface area (Å²) in [4.78, 5) is 21.2. The fourth-order valence-electron chi connectivity index (χ4n) is 0.881. The van der Waals surface area contributed by atoms with Gasteiger partial charge in [-0.1, -0.05) is 6.58 Å². The van der Waals surface area contributed by atoms with Crippen LogP contribution < -0.4 is 10.1 Å². The van der Waals surface area contributed by atoms with Crippen molar-refractivity contribution in [2.75, 3.05) is 5.32 Å². The van der Waals surface area contributed by atoms with Gasteiger partial charge in [0.2, 0.25) is 6.41 Å². The number of hydrogen-bond donors (Lipinski definition) is 1. The van der Waals surface area contributed by atoms with E-state index in [0.29, 0.717) is 23.4 Å². The summed E-state index contributed by atoms with van der Waals surface area (Å²) < 4.78 is 4.95. The number of carbonyl (C=O) groups is 2. The molecule has 0 fully saturated rings. The van der Waals surface area contributed by atoms with Gasteiger partial charge in [0.25, 0.3) is 0 Å². The van der Waals surface area contributed by atoms with Gasteiger partial charge in [-0.3, -0.25) is 4.79 Å². The van der Waals surface area contributed by atoms with Gasteiger partial charge in [-0.05, 0) is 31.2 Å². The van der Waals surface area contributed by atoms with Crippen LogP contribution in [0.3, 0.4) is 0 Å². The lowest BCUT2D eigenvalue weighted by molar-refractivity contribution is -0.130. The first-order valence-electron chi connectivity index (χ1n) is 4.31. The number of rotatable bonds is 4. The molecule has 1 amide bonds. The summed E-state index contributed by atoms with van der Waals surface area (Å²) in [6.45, 7) is 5.04. The predicted molar refractivity (Wildman–Crippen MR) is 56.6 cm³/mol. The minimum absolute atomic E-state index is 0.338. The molecule has 15 heavy (non-hydrogen) atoms. The predicted octanol–water partition coefficient (Wildman–Crippen LogP) is 1.74. The van der Waals surface area contributed by atoms with Gasteiger partial charge >= 0.3 is 5.97 Å². The fourth-order valence-corrected chi connectivity index (χ4v) is 0.881.